The second-order valence-corrected chi connectivity index (χ2v) is 6.42. The fourth-order valence-corrected chi connectivity index (χ4v) is 3.32. The van der Waals surface area contributed by atoms with Crippen LogP contribution in [-0.2, 0) is 0 Å². The van der Waals surface area contributed by atoms with E-state index >= 15 is 0 Å². The summed E-state index contributed by atoms with van der Waals surface area (Å²) in [6.07, 6.45) is 4.58. The van der Waals surface area contributed by atoms with E-state index < -0.39 is 0 Å². The Bertz CT molecular complexity index is 932. The lowest BCUT2D eigenvalue weighted by Crippen LogP contribution is -2.02. The maximum Gasteiger partial charge on any atom is 0.205 e. The van der Waals surface area contributed by atoms with Gasteiger partial charge in [0.2, 0.25) is 5.75 Å². The second-order valence-electron chi connectivity index (χ2n) is 5.10. The Morgan fingerprint density at radius 3 is 2.58 bits per heavy atom. The van der Waals surface area contributed by atoms with Crippen molar-refractivity contribution in [1.29, 1.82) is 0 Å². The number of ether oxygens (including phenoxy) is 2. The maximum absolute atomic E-state index is 12.7. The lowest BCUT2D eigenvalue weighted by atomic mass is 10.0. The van der Waals surface area contributed by atoms with E-state index in [1.54, 1.807) is 23.5 Å². The molecule has 0 atom stereocenters. The van der Waals surface area contributed by atoms with Crippen molar-refractivity contribution in [2.75, 3.05) is 14.2 Å². The molecule has 5 nitrogen and oxygen atoms in total. The first-order valence-electron chi connectivity index (χ1n) is 7.19. The number of benzene rings is 1. The van der Waals surface area contributed by atoms with Gasteiger partial charge in [0.25, 0.3) is 0 Å². The molecular formula is C18H16O5S. The summed E-state index contributed by atoms with van der Waals surface area (Å²) in [5.74, 6) is -0.306. The predicted molar refractivity (Wildman–Crippen MR) is 93.4 cm³/mol. The Kier molecular flexibility index (Phi) is 4.31. The molecule has 1 aromatic carbocycles. The first-order chi connectivity index (χ1) is 11.6. The van der Waals surface area contributed by atoms with Crippen molar-refractivity contribution in [3.8, 4) is 17.2 Å². The fourth-order valence-electron chi connectivity index (χ4n) is 2.54. The Hall–Kier alpha value is -2.73. The fraction of sp³-hybridized carbons (Fsp3) is 0.167. The molecule has 0 aliphatic carbocycles. The predicted octanol–water partition coefficient (Wildman–Crippen LogP) is 4.42. The van der Waals surface area contributed by atoms with Crippen LogP contribution in [0.2, 0.25) is 0 Å². The molecule has 0 amide bonds. The summed E-state index contributed by atoms with van der Waals surface area (Å²) in [6, 6.07) is 5.58. The van der Waals surface area contributed by atoms with Crippen LogP contribution in [0.1, 0.15) is 20.1 Å². The molecule has 0 aliphatic rings. The van der Waals surface area contributed by atoms with E-state index in [2.05, 4.69) is 0 Å². The summed E-state index contributed by atoms with van der Waals surface area (Å²) in [6.45, 7) is 2.00. The van der Waals surface area contributed by atoms with E-state index in [0.29, 0.717) is 11.0 Å². The molecule has 0 radical (unpaired) electrons. The zero-order valence-electron chi connectivity index (χ0n) is 13.5. The number of rotatable bonds is 5. The summed E-state index contributed by atoms with van der Waals surface area (Å²) in [4.78, 5) is 14.8. The van der Waals surface area contributed by atoms with Crippen molar-refractivity contribution in [3.05, 3.63) is 45.9 Å². The monoisotopic (exact) mass is 344 g/mol. The Labute approximate surface area is 142 Å². The van der Waals surface area contributed by atoms with E-state index in [1.807, 2.05) is 19.1 Å². The second kappa shape index (κ2) is 6.41. The highest BCUT2D eigenvalue weighted by Gasteiger charge is 2.26. The summed E-state index contributed by atoms with van der Waals surface area (Å²) in [7, 11) is 2.85. The van der Waals surface area contributed by atoms with Crippen molar-refractivity contribution in [2.45, 2.75) is 6.92 Å². The van der Waals surface area contributed by atoms with Gasteiger partial charge in [-0.2, -0.15) is 0 Å². The van der Waals surface area contributed by atoms with Gasteiger partial charge in [-0.1, -0.05) is 0 Å². The molecule has 0 aliphatic heterocycles. The number of phenolic OH excluding ortho intramolecular Hbond substituents is 1. The minimum atomic E-state index is -0.378. The Morgan fingerprint density at radius 2 is 1.96 bits per heavy atom. The number of fused-ring (bicyclic) bond motifs is 1. The van der Waals surface area contributed by atoms with Gasteiger partial charge in [-0.25, -0.2) is 0 Å². The van der Waals surface area contributed by atoms with Gasteiger partial charge in [-0.15, -0.1) is 11.3 Å². The van der Waals surface area contributed by atoms with E-state index in [-0.39, 0.29) is 28.6 Å². The molecule has 24 heavy (non-hydrogen) atoms. The highest BCUT2D eigenvalue weighted by molar-refractivity contribution is 7.12. The first kappa shape index (κ1) is 16.1. The van der Waals surface area contributed by atoms with Crippen molar-refractivity contribution in [3.63, 3.8) is 0 Å². The minimum Gasteiger partial charge on any atom is -0.504 e. The molecule has 1 N–H and O–H groups in total. The lowest BCUT2D eigenvalue weighted by Gasteiger charge is -2.12. The van der Waals surface area contributed by atoms with Crippen LogP contribution < -0.4 is 9.47 Å². The van der Waals surface area contributed by atoms with E-state index in [9.17, 15) is 9.90 Å². The third-order valence-electron chi connectivity index (χ3n) is 3.61. The number of hydrogen-bond acceptors (Lipinski definition) is 6. The van der Waals surface area contributed by atoms with Crippen molar-refractivity contribution in [1.82, 2.24) is 0 Å². The minimum absolute atomic E-state index is 0.0489. The number of carbonyl (C=O) groups excluding carboxylic acids is 1. The number of allylic oxidation sites excluding steroid dienone is 1. The number of ketones is 1. The lowest BCUT2D eigenvalue weighted by molar-refractivity contribution is 0.104. The first-order valence-corrected chi connectivity index (χ1v) is 8.01. The molecule has 124 valence electrons. The molecule has 2 heterocycles. The smallest absolute Gasteiger partial charge is 0.205 e. The topological polar surface area (TPSA) is 68.9 Å². The van der Waals surface area contributed by atoms with Crippen molar-refractivity contribution in [2.24, 2.45) is 0 Å². The van der Waals surface area contributed by atoms with Crippen LogP contribution in [0.4, 0.5) is 0 Å². The summed E-state index contributed by atoms with van der Waals surface area (Å²) in [5, 5.41) is 11.0. The maximum atomic E-state index is 12.7. The quantitative estimate of drug-likeness (QED) is 0.548. The number of aromatic hydroxyl groups is 1. The van der Waals surface area contributed by atoms with Gasteiger partial charge in [0.05, 0.1) is 25.9 Å². The van der Waals surface area contributed by atoms with Crippen molar-refractivity contribution >= 4 is 34.2 Å². The number of thiophene rings is 1. The van der Waals surface area contributed by atoms with E-state index in [0.717, 1.165) is 9.75 Å². The van der Waals surface area contributed by atoms with Gasteiger partial charge in [0.1, 0.15) is 11.3 Å². The van der Waals surface area contributed by atoms with Crippen LogP contribution in [0, 0.1) is 6.92 Å². The summed E-state index contributed by atoms with van der Waals surface area (Å²) < 4.78 is 15.9. The van der Waals surface area contributed by atoms with Gasteiger partial charge >= 0.3 is 0 Å². The molecule has 0 bridgehead atoms. The summed E-state index contributed by atoms with van der Waals surface area (Å²) in [5.41, 5.74) is 0.383. The SMILES string of the molecule is COc1c(C(=O)/C=C/c2ccc(C)s2)c(O)c(OC)c2occc12. The molecule has 3 aromatic rings. The van der Waals surface area contributed by atoms with E-state index in [4.69, 9.17) is 13.9 Å². The molecule has 0 unspecified atom stereocenters. The third-order valence-corrected chi connectivity index (χ3v) is 4.58. The number of carbonyl (C=O) groups is 1. The van der Waals surface area contributed by atoms with Crippen LogP contribution >= 0.6 is 11.3 Å². The average Bonchev–Trinajstić information content (AvgIpc) is 3.20. The van der Waals surface area contributed by atoms with Gasteiger partial charge in [-0.3, -0.25) is 4.79 Å². The normalized spacial score (nSPS) is 11.3. The van der Waals surface area contributed by atoms with Gasteiger partial charge in [-0.05, 0) is 37.3 Å². The highest BCUT2D eigenvalue weighted by Crippen LogP contribution is 2.45. The van der Waals surface area contributed by atoms with Gasteiger partial charge < -0.3 is 19.0 Å². The van der Waals surface area contributed by atoms with Crippen LogP contribution in [-0.4, -0.2) is 25.1 Å². The number of aryl methyl sites for hydroxylation is 1. The molecule has 3 rings (SSSR count). The Balaban J connectivity index is 2.12. The number of hydrogen-bond donors (Lipinski definition) is 1. The van der Waals surface area contributed by atoms with Crippen LogP contribution in [0.25, 0.3) is 17.0 Å². The number of furan rings is 1. The van der Waals surface area contributed by atoms with Crippen molar-refractivity contribution < 1.29 is 23.8 Å². The Morgan fingerprint density at radius 1 is 1.21 bits per heavy atom. The average molecular weight is 344 g/mol. The van der Waals surface area contributed by atoms with E-state index in [1.165, 1.54) is 26.6 Å². The molecule has 0 fully saturated rings. The zero-order valence-corrected chi connectivity index (χ0v) is 14.3. The standard InChI is InChI=1S/C18H16O5S/c1-10-4-5-11(24-10)6-7-13(19)14-15(20)18(22-3)17-12(8-9-23-17)16(14)21-2/h4-9,20H,1-3H3/b7-6+. The van der Waals surface area contributed by atoms with Gasteiger partial charge in [0.15, 0.2) is 17.1 Å². The zero-order chi connectivity index (χ0) is 17.3. The van der Waals surface area contributed by atoms with Crippen LogP contribution in [0.15, 0.2) is 35.0 Å². The van der Waals surface area contributed by atoms with Crippen LogP contribution in [0.3, 0.4) is 0 Å². The van der Waals surface area contributed by atoms with Crippen LogP contribution in [0.5, 0.6) is 17.2 Å². The molecule has 6 heteroatoms. The molecule has 0 saturated heterocycles. The van der Waals surface area contributed by atoms with Gasteiger partial charge in [0, 0.05) is 9.75 Å². The summed E-state index contributed by atoms with van der Waals surface area (Å²) >= 11 is 1.58. The number of methoxy groups -OCH3 is 2. The molecule has 0 saturated carbocycles. The largest absolute Gasteiger partial charge is 0.504 e. The molecular weight excluding hydrogens is 328 g/mol. The highest BCUT2D eigenvalue weighted by atomic mass is 32.1. The molecule has 0 spiro atoms. The molecule has 2 aromatic heterocycles. The third kappa shape index (κ3) is 2.65. The number of phenols is 1.